The van der Waals surface area contributed by atoms with E-state index in [-0.39, 0.29) is 15.7 Å². The van der Waals surface area contributed by atoms with Gasteiger partial charge in [0.2, 0.25) is 5.91 Å². The molecule has 0 radical (unpaired) electrons. The van der Waals surface area contributed by atoms with Crippen molar-refractivity contribution in [1.82, 2.24) is 0 Å². The Morgan fingerprint density at radius 3 is 2.57 bits per heavy atom. The molecule has 1 aromatic carbocycles. The molecular weight excluding hydrogens is 325 g/mol. The van der Waals surface area contributed by atoms with Gasteiger partial charge in [0.1, 0.15) is 0 Å². The molecule has 21 heavy (non-hydrogen) atoms. The van der Waals surface area contributed by atoms with Crippen LogP contribution in [0.25, 0.3) is 0 Å². The summed E-state index contributed by atoms with van der Waals surface area (Å²) in [6, 6.07) is 2.70. The number of hydrogen-bond donors (Lipinski definition) is 2. The van der Waals surface area contributed by atoms with Crippen molar-refractivity contribution in [2.45, 2.75) is 25.9 Å². The molecule has 0 aromatic heterocycles. The first kappa shape index (κ1) is 17.7. The molecule has 8 heteroatoms. The van der Waals surface area contributed by atoms with Gasteiger partial charge in [0.15, 0.2) is 0 Å². The Labute approximate surface area is 130 Å². The Morgan fingerprint density at radius 2 is 2.10 bits per heavy atom. The van der Waals surface area contributed by atoms with Crippen LogP contribution in [0.5, 0.6) is 0 Å². The van der Waals surface area contributed by atoms with Gasteiger partial charge in [-0.1, -0.05) is 37.2 Å². The van der Waals surface area contributed by atoms with Gasteiger partial charge in [-0.2, -0.15) is 13.2 Å². The third-order valence-electron chi connectivity index (χ3n) is 2.79. The minimum atomic E-state index is -4.52. The summed E-state index contributed by atoms with van der Waals surface area (Å²) >= 11 is 10.6. The van der Waals surface area contributed by atoms with E-state index in [2.05, 4.69) is 5.32 Å². The summed E-state index contributed by atoms with van der Waals surface area (Å²) in [4.78, 5) is 12.0. The van der Waals surface area contributed by atoms with E-state index in [1.807, 2.05) is 6.92 Å². The lowest BCUT2D eigenvalue weighted by molar-refractivity contribution is -0.137. The molecule has 0 fully saturated rings. The minimum absolute atomic E-state index is 0.00236. The quantitative estimate of drug-likeness (QED) is 0.798. The van der Waals surface area contributed by atoms with Crippen LogP contribution in [-0.2, 0) is 11.0 Å². The second-order valence-corrected chi connectivity index (χ2v) is 5.30. The van der Waals surface area contributed by atoms with E-state index in [0.29, 0.717) is 12.8 Å². The smallest absolute Gasteiger partial charge is 0.393 e. The lowest BCUT2D eigenvalue weighted by Crippen LogP contribution is -2.33. The summed E-state index contributed by atoms with van der Waals surface area (Å²) in [5.74, 6) is -1.30. The molecule has 1 atom stereocenters. The van der Waals surface area contributed by atoms with Crippen LogP contribution in [0.1, 0.15) is 25.3 Å². The molecule has 1 unspecified atom stereocenters. The van der Waals surface area contributed by atoms with Crippen molar-refractivity contribution in [2.24, 2.45) is 11.7 Å². The van der Waals surface area contributed by atoms with Crippen molar-refractivity contribution in [3.8, 4) is 0 Å². The molecule has 0 aliphatic heterocycles. The zero-order chi connectivity index (χ0) is 16.2. The largest absolute Gasteiger partial charge is 0.416 e. The van der Waals surface area contributed by atoms with Gasteiger partial charge in [-0.15, -0.1) is 0 Å². The summed E-state index contributed by atoms with van der Waals surface area (Å²) in [7, 11) is 0. The molecule has 0 bridgehead atoms. The number of rotatable bonds is 5. The second-order valence-electron chi connectivity index (χ2n) is 4.43. The van der Waals surface area contributed by atoms with Gasteiger partial charge < -0.3 is 11.1 Å². The van der Waals surface area contributed by atoms with Crippen molar-refractivity contribution in [2.75, 3.05) is 5.32 Å². The highest BCUT2D eigenvalue weighted by molar-refractivity contribution is 7.80. The van der Waals surface area contributed by atoms with Crippen LogP contribution >= 0.6 is 23.8 Å². The summed E-state index contributed by atoms with van der Waals surface area (Å²) < 4.78 is 37.9. The van der Waals surface area contributed by atoms with Gasteiger partial charge >= 0.3 is 6.18 Å². The maximum atomic E-state index is 12.6. The van der Waals surface area contributed by atoms with Crippen LogP contribution in [0.15, 0.2) is 18.2 Å². The number of halogens is 4. The Balaban J connectivity index is 3.01. The van der Waals surface area contributed by atoms with Crippen molar-refractivity contribution >= 4 is 40.4 Å². The summed E-state index contributed by atoms with van der Waals surface area (Å²) in [5.41, 5.74) is 4.46. The molecule has 3 nitrogen and oxygen atoms in total. The van der Waals surface area contributed by atoms with Gasteiger partial charge in [0.05, 0.1) is 27.2 Å². The summed E-state index contributed by atoms with van der Waals surface area (Å²) in [6.07, 6.45) is -3.44. The van der Waals surface area contributed by atoms with Gasteiger partial charge in [-0.3, -0.25) is 4.79 Å². The summed E-state index contributed by atoms with van der Waals surface area (Å²) in [5, 5.41) is 2.36. The average molecular weight is 339 g/mol. The standard InChI is InChI=1S/C13H14ClF3N2OS/c1-2-3-8(11(18)21)12(20)19-10-6-7(13(15,16)17)4-5-9(10)14/h4-6,8H,2-3H2,1H3,(H2,18,21)(H,19,20). The fourth-order valence-corrected chi connectivity index (χ4v) is 2.10. The zero-order valence-electron chi connectivity index (χ0n) is 11.1. The Hall–Kier alpha value is -1.34. The normalized spacial score (nSPS) is 12.8. The Morgan fingerprint density at radius 1 is 1.48 bits per heavy atom. The second kappa shape index (κ2) is 7.09. The van der Waals surface area contributed by atoms with Gasteiger partial charge in [-0.05, 0) is 24.6 Å². The molecule has 1 rings (SSSR count). The van der Waals surface area contributed by atoms with Crippen LogP contribution in [0, 0.1) is 5.92 Å². The highest BCUT2D eigenvalue weighted by Gasteiger charge is 2.31. The first-order valence-corrected chi connectivity index (χ1v) is 6.92. The number of nitrogens with one attached hydrogen (secondary N) is 1. The van der Waals surface area contributed by atoms with Crippen LogP contribution in [0.4, 0.5) is 18.9 Å². The minimum Gasteiger partial charge on any atom is -0.393 e. The van der Waals surface area contributed by atoms with Gasteiger partial charge in [0, 0.05) is 0 Å². The number of nitrogens with two attached hydrogens (primary N) is 1. The first-order chi connectivity index (χ1) is 9.66. The lowest BCUT2D eigenvalue weighted by Gasteiger charge is -2.16. The predicted octanol–water partition coefficient (Wildman–Crippen LogP) is 4.00. The topological polar surface area (TPSA) is 55.1 Å². The zero-order valence-corrected chi connectivity index (χ0v) is 12.7. The Bertz CT molecular complexity index is 549. The van der Waals surface area contributed by atoms with E-state index >= 15 is 0 Å². The van der Waals surface area contributed by atoms with E-state index in [1.54, 1.807) is 0 Å². The molecule has 116 valence electrons. The molecule has 0 heterocycles. The molecule has 3 N–H and O–H groups in total. The summed E-state index contributed by atoms with van der Waals surface area (Å²) in [6.45, 7) is 1.84. The number of benzene rings is 1. The monoisotopic (exact) mass is 338 g/mol. The first-order valence-electron chi connectivity index (χ1n) is 6.13. The maximum absolute atomic E-state index is 12.6. The number of carbonyl (C=O) groups is 1. The number of hydrogen-bond acceptors (Lipinski definition) is 2. The molecule has 0 spiro atoms. The average Bonchev–Trinajstić information content (AvgIpc) is 2.36. The fraction of sp³-hybridized carbons (Fsp3) is 0.385. The molecule has 0 aliphatic carbocycles. The van der Waals surface area contributed by atoms with Crippen molar-refractivity contribution in [3.63, 3.8) is 0 Å². The van der Waals surface area contributed by atoms with Crippen molar-refractivity contribution in [1.29, 1.82) is 0 Å². The highest BCUT2D eigenvalue weighted by Crippen LogP contribution is 2.34. The predicted molar refractivity (Wildman–Crippen MR) is 80.3 cm³/mol. The Kier molecular flexibility index (Phi) is 5.98. The third kappa shape index (κ3) is 4.86. The molecular formula is C13H14ClF3N2OS. The van der Waals surface area contributed by atoms with E-state index < -0.39 is 23.6 Å². The number of amides is 1. The molecule has 1 aromatic rings. The SMILES string of the molecule is CCCC(C(=O)Nc1cc(C(F)(F)F)ccc1Cl)C(N)=S. The van der Waals surface area contributed by atoms with Crippen LogP contribution in [0.2, 0.25) is 5.02 Å². The molecule has 1 amide bonds. The maximum Gasteiger partial charge on any atom is 0.416 e. The fourth-order valence-electron chi connectivity index (χ4n) is 1.71. The van der Waals surface area contributed by atoms with Gasteiger partial charge in [0.25, 0.3) is 0 Å². The van der Waals surface area contributed by atoms with Crippen LogP contribution < -0.4 is 11.1 Å². The van der Waals surface area contributed by atoms with E-state index in [4.69, 9.17) is 29.6 Å². The van der Waals surface area contributed by atoms with Crippen molar-refractivity contribution < 1.29 is 18.0 Å². The number of alkyl halides is 3. The molecule has 0 saturated heterocycles. The lowest BCUT2D eigenvalue weighted by atomic mass is 10.0. The molecule has 0 saturated carbocycles. The van der Waals surface area contributed by atoms with E-state index in [0.717, 1.165) is 18.2 Å². The van der Waals surface area contributed by atoms with Crippen LogP contribution in [-0.4, -0.2) is 10.9 Å². The van der Waals surface area contributed by atoms with E-state index in [9.17, 15) is 18.0 Å². The van der Waals surface area contributed by atoms with Crippen LogP contribution in [0.3, 0.4) is 0 Å². The van der Waals surface area contributed by atoms with Gasteiger partial charge in [-0.25, -0.2) is 0 Å². The third-order valence-corrected chi connectivity index (χ3v) is 3.40. The van der Waals surface area contributed by atoms with Crippen molar-refractivity contribution in [3.05, 3.63) is 28.8 Å². The number of thiocarbonyl (C=S) groups is 1. The van der Waals surface area contributed by atoms with E-state index in [1.165, 1.54) is 0 Å². The number of anilines is 1. The molecule has 0 aliphatic rings. The number of carbonyl (C=O) groups excluding carboxylic acids is 1. The highest BCUT2D eigenvalue weighted by atomic mass is 35.5.